The van der Waals surface area contributed by atoms with Crippen LogP contribution < -0.4 is 0 Å². The van der Waals surface area contributed by atoms with Gasteiger partial charge in [0, 0.05) is 0 Å². The maximum Gasteiger partial charge on any atom is -0.00192 e. The van der Waals surface area contributed by atoms with E-state index in [9.17, 15) is 0 Å². The first-order valence-electron chi connectivity index (χ1n) is 18.8. The van der Waals surface area contributed by atoms with E-state index in [1.54, 1.807) is 0 Å². The van der Waals surface area contributed by atoms with Crippen molar-refractivity contribution >= 4 is 0 Å². The second-order valence-electron chi connectivity index (χ2n) is 19.0. The second kappa shape index (κ2) is 15.3. The Morgan fingerprint density at radius 3 is 0.854 bits per heavy atom. The number of nitrogens with zero attached hydrogens (tertiary/aromatic N) is 1. The summed E-state index contributed by atoms with van der Waals surface area (Å²) < 4.78 is 0. The summed E-state index contributed by atoms with van der Waals surface area (Å²) >= 11 is 0. The van der Waals surface area contributed by atoms with Crippen molar-refractivity contribution < 1.29 is 0 Å². The van der Waals surface area contributed by atoms with E-state index in [4.69, 9.17) is 0 Å². The summed E-state index contributed by atoms with van der Waals surface area (Å²) in [5, 5.41) is 0. The largest absolute Gasteiger partial charge is 0.306 e. The number of piperidine rings is 1. The smallest absolute Gasteiger partial charge is 0.00192 e. The molecule has 8 fully saturated rings. The van der Waals surface area contributed by atoms with Crippen molar-refractivity contribution in [3.8, 4) is 0 Å². The Labute approximate surface area is 260 Å². The van der Waals surface area contributed by atoms with Crippen molar-refractivity contribution in [1.82, 2.24) is 4.90 Å². The van der Waals surface area contributed by atoms with Gasteiger partial charge in [0.15, 0.2) is 0 Å². The van der Waals surface area contributed by atoms with E-state index in [2.05, 4.69) is 74.3 Å². The van der Waals surface area contributed by atoms with Crippen LogP contribution in [0.3, 0.4) is 0 Å². The zero-order valence-electron chi connectivity index (χ0n) is 30.2. The molecule has 0 radical (unpaired) electrons. The minimum Gasteiger partial charge on any atom is -0.306 e. The molecule has 7 aliphatic carbocycles. The van der Waals surface area contributed by atoms with Crippen LogP contribution in [0.25, 0.3) is 0 Å². The fourth-order valence-electron chi connectivity index (χ4n) is 9.27. The van der Waals surface area contributed by atoms with Gasteiger partial charge in [0.1, 0.15) is 0 Å². The van der Waals surface area contributed by atoms with E-state index in [0.717, 1.165) is 51.2 Å². The van der Waals surface area contributed by atoms with E-state index >= 15 is 0 Å². The molecule has 0 spiro atoms. The molecular weight excluding hydrogens is 494 g/mol. The molecule has 1 heteroatoms. The van der Waals surface area contributed by atoms with Crippen LogP contribution in [-0.4, -0.2) is 25.0 Å². The molecule has 4 bridgehead atoms. The van der Waals surface area contributed by atoms with Crippen LogP contribution in [0.5, 0.6) is 0 Å². The predicted molar refractivity (Wildman–Crippen MR) is 183 cm³/mol. The second-order valence-corrected chi connectivity index (χ2v) is 19.0. The van der Waals surface area contributed by atoms with Crippen LogP contribution in [0.15, 0.2) is 0 Å². The Morgan fingerprint density at radius 2 is 0.659 bits per heavy atom. The minimum absolute atomic E-state index is 0.762. The summed E-state index contributed by atoms with van der Waals surface area (Å²) in [6, 6.07) is 0. The molecule has 7 saturated carbocycles. The molecule has 1 nitrogen and oxygen atoms in total. The van der Waals surface area contributed by atoms with Crippen LogP contribution in [0, 0.1) is 51.2 Å². The van der Waals surface area contributed by atoms with Gasteiger partial charge in [-0.3, -0.25) is 0 Å². The Hall–Kier alpha value is -0.0400. The summed E-state index contributed by atoms with van der Waals surface area (Å²) in [6.45, 7) is 24.2. The van der Waals surface area contributed by atoms with E-state index in [0.29, 0.717) is 0 Å². The average Bonchev–Trinajstić information content (AvgIpc) is 3.40. The van der Waals surface area contributed by atoms with E-state index in [-0.39, 0.29) is 0 Å². The van der Waals surface area contributed by atoms with Crippen LogP contribution in [0.4, 0.5) is 0 Å². The van der Waals surface area contributed by atoms with Crippen molar-refractivity contribution in [2.45, 2.75) is 184 Å². The number of fused-ring (bicyclic) bond motifs is 5. The molecule has 0 N–H and O–H groups in total. The molecule has 8 aliphatic rings. The quantitative estimate of drug-likeness (QED) is 0.279. The summed E-state index contributed by atoms with van der Waals surface area (Å²) in [4.78, 5) is 2.40. The molecule has 0 aromatic heterocycles. The Kier molecular flexibility index (Phi) is 13.2. The van der Waals surface area contributed by atoms with Crippen LogP contribution in [0.2, 0.25) is 0 Å². The maximum atomic E-state index is 2.48. The predicted octanol–water partition coefficient (Wildman–Crippen LogP) is 12.6. The van der Waals surface area contributed by atoms with Gasteiger partial charge in [-0.2, -0.15) is 0 Å². The Bertz CT molecular complexity index is 617. The Morgan fingerprint density at radius 1 is 0.390 bits per heavy atom. The molecule has 41 heavy (non-hydrogen) atoms. The van der Waals surface area contributed by atoms with Gasteiger partial charge in [-0.25, -0.2) is 0 Å². The molecule has 1 aliphatic heterocycles. The lowest BCUT2D eigenvalue weighted by Crippen LogP contribution is -2.37. The van der Waals surface area contributed by atoms with Crippen molar-refractivity contribution in [1.29, 1.82) is 0 Å². The van der Waals surface area contributed by atoms with E-state index < -0.39 is 0 Å². The monoisotopic (exact) mass is 572 g/mol. The standard InChI is InChI=1S/C10H18.C9H16.C8H16.C7H15N.C6H12/c1-9-3-6-10(2,7-4-9)8-5-9;1-8-3-5-9(2,7-8)6-4-8;2*1-7-3-5-8(2)6-4-7;1-5-3-6(2)4-5/h3-8H2,1-2H3;3-7H2,1-2H3;7-8H,3-6H2,1-2H3;7H,3-6H2,1-2H3;5-6H,3-4H2,1-2H3. The lowest BCUT2D eigenvalue weighted by molar-refractivity contribution is 0.0164. The highest BCUT2D eigenvalue weighted by Crippen LogP contribution is 2.61. The zero-order valence-corrected chi connectivity index (χ0v) is 30.2. The van der Waals surface area contributed by atoms with Crippen LogP contribution >= 0.6 is 0 Å². The van der Waals surface area contributed by atoms with Gasteiger partial charge in [-0.15, -0.1) is 0 Å². The van der Waals surface area contributed by atoms with Crippen LogP contribution in [0.1, 0.15) is 184 Å². The molecule has 1 saturated heterocycles. The third-order valence-electron chi connectivity index (χ3n) is 13.4. The number of hydrogen-bond acceptors (Lipinski definition) is 1. The number of hydrogen-bond donors (Lipinski definition) is 0. The summed E-state index contributed by atoms with van der Waals surface area (Å²) in [5.74, 6) is 5.10. The van der Waals surface area contributed by atoms with Gasteiger partial charge in [0.25, 0.3) is 0 Å². The molecular formula is C40H77N. The van der Waals surface area contributed by atoms with Gasteiger partial charge in [-0.1, -0.05) is 88.0 Å². The number of rotatable bonds is 0. The summed E-state index contributed by atoms with van der Waals surface area (Å²) in [6.07, 6.45) is 28.2. The van der Waals surface area contributed by atoms with Gasteiger partial charge in [0.2, 0.25) is 0 Å². The molecule has 0 amide bonds. The molecule has 242 valence electrons. The first-order valence-corrected chi connectivity index (χ1v) is 18.8. The lowest BCUT2D eigenvalue weighted by atomic mass is 9.55. The van der Waals surface area contributed by atoms with Crippen LogP contribution in [-0.2, 0) is 0 Å². The first kappa shape index (κ1) is 35.4. The topological polar surface area (TPSA) is 3.24 Å². The van der Waals surface area contributed by atoms with E-state index in [1.807, 2.05) is 0 Å². The number of likely N-dealkylation sites (tertiary alicyclic amines) is 1. The highest BCUT2D eigenvalue weighted by Gasteiger charge is 2.48. The highest BCUT2D eigenvalue weighted by molar-refractivity contribution is 4.99. The summed E-state index contributed by atoms with van der Waals surface area (Å²) in [5.41, 5.74) is 3.07. The minimum atomic E-state index is 0.762. The summed E-state index contributed by atoms with van der Waals surface area (Å²) in [7, 11) is 2.20. The molecule has 0 aromatic carbocycles. The lowest BCUT2D eigenvalue weighted by Gasteiger charge is -2.50. The fraction of sp³-hybridized carbons (Fsp3) is 1.00. The fourth-order valence-corrected chi connectivity index (χ4v) is 9.27. The highest BCUT2D eigenvalue weighted by atomic mass is 15.1. The van der Waals surface area contributed by atoms with Gasteiger partial charge in [0.05, 0.1) is 0 Å². The molecule has 1 heterocycles. The van der Waals surface area contributed by atoms with Gasteiger partial charge >= 0.3 is 0 Å². The van der Waals surface area contributed by atoms with Gasteiger partial charge < -0.3 is 4.90 Å². The first-order chi connectivity index (χ1) is 19.1. The normalized spacial score (nSPS) is 44.9. The molecule has 8 rings (SSSR count). The average molecular weight is 572 g/mol. The van der Waals surface area contributed by atoms with Gasteiger partial charge in [-0.05, 0) is 168 Å². The Balaban J connectivity index is 0.000000142. The third kappa shape index (κ3) is 12.1. The van der Waals surface area contributed by atoms with Crippen molar-refractivity contribution in [2.75, 3.05) is 20.1 Å². The maximum absolute atomic E-state index is 2.48. The molecule has 0 atom stereocenters. The van der Waals surface area contributed by atoms with Crippen molar-refractivity contribution in [3.05, 3.63) is 0 Å². The third-order valence-corrected chi connectivity index (χ3v) is 13.4. The molecule has 0 unspecified atom stereocenters. The van der Waals surface area contributed by atoms with Crippen molar-refractivity contribution in [3.63, 3.8) is 0 Å². The zero-order chi connectivity index (χ0) is 30.3. The van der Waals surface area contributed by atoms with Crippen molar-refractivity contribution in [2.24, 2.45) is 51.2 Å². The van der Waals surface area contributed by atoms with E-state index in [1.165, 1.54) is 135 Å². The molecule has 0 aromatic rings. The SMILES string of the molecule is CC12CCC(C)(CC1)C2.CC12CCC(C)(CC1)CC2.CC1CC(C)C1.CC1CCC(C)CC1.CC1CCN(C)CC1.